The fraction of sp³-hybridized carbons (Fsp3) is 0.778. The van der Waals surface area contributed by atoms with Crippen molar-refractivity contribution in [2.75, 3.05) is 0 Å². The average Bonchev–Trinajstić information content (AvgIpc) is 2.29. The number of hydrogen-bond acceptors (Lipinski definition) is 2. The van der Waals surface area contributed by atoms with Crippen molar-refractivity contribution in [1.82, 2.24) is 5.32 Å². The highest BCUT2D eigenvalue weighted by Crippen LogP contribution is 2.19. The predicted octanol–water partition coefficient (Wildman–Crippen LogP) is 1.34. The number of carbonyl (C=O) groups excluding carboxylic acids is 1. The van der Waals surface area contributed by atoms with Crippen molar-refractivity contribution in [3.05, 3.63) is 0 Å². The molecule has 0 saturated carbocycles. The van der Waals surface area contributed by atoms with Gasteiger partial charge in [0.15, 0.2) is 0 Å². The van der Waals surface area contributed by atoms with Crippen LogP contribution in [0.4, 0.5) is 0 Å². The Hall–Kier alpha value is -0.860. The van der Waals surface area contributed by atoms with Crippen LogP contribution in [0.2, 0.25) is 0 Å². The molecule has 0 radical (unpaired) electrons. The van der Waals surface area contributed by atoms with Gasteiger partial charge in [-0.05, 0) is 6.42 Å². The van der Waals surface area contributed by atoms with Crippen LogP contribution >= 0.6 is 0 Å². The minimum Gasteiger partial charge on any atom is -0.312 e. The first kappa shape index (κ1) is 9.23. The minimum atomic E-state index is -0.153. The number of amides is 1. The lowest BCUT2D eigenvalue weighted by Gasteiger charge is -2.17. The molecule has 1 amide bonds. The Morgan fingerprint density at radius 3 is 2.33 bits per heavy atom. The predicted molar refractivity (Wildman–Crippen MR) is 49.1 cm³/mol. The molecule has 3 nitrogen and oxygen atoms in total. The van der Waals surface area contributed by atoms with Gasteiger partial charge in [0.05, 0.1) is 0 Å². The fourth-order valence-corrected chi connectivity index (χ4v) is 1.10. The van der Waals surface area contributed by atoms with Gasteiger partial charge in [-0.1, -0.05) is 27.7 Å². The number of nitrogens with zero attached hydrogens (tertiary/aromatic N) is 1. The van der Waals surface area contributed by atoms with Gasteiger partial charge in [0, 0.05) is 5.41 Å². The summed E-state index contributed by atoms with van der Waals surface area (Å²) in [6.07, 6.45) is 0.783. The van der Waals surface area contributed by atoms with E-state index in [0.717, 1.165) is 12.3 Å². The molecule has 0 aliphatic carbocycles. The molecule has 0 aromatic heterocycles. The fourth-order valence-electron chi connectivity index (χ4n) is 1.10. The van der Waals surface area contributed by atoms with Gasteiger partial charge in [0.1, 0.15) is 11.9 Å². The first-order valence-electron chi connectivity index (χ1n) is 4.34. The Kier molecular flexibility index (Phi) is 2.22. The van der Waals surface area contributed by atoms with Crippen LogP contribution in [-0.4, -0.2) is 17.8 Å². The zero-order valence-corrected chi connectivity index (χ0v) is 8.14. The molecule has 68 valence electrons. The van der Waals surface area contributed by atoms with E-state index in [1.165, 1.54) is 0 Å². The van der Waals surface area contributed by atoms with E-state index in [1.807, 2.05) is 27.7 Å². The summed E-state index contributed by atoms with van der Waals surface area (Å²) in [4.78, 5) is 15.6. The van der Waals surface area contributed by atoms with Crippen molar-refractivity contribution in [2.45, 2.75) is 40.2 Å². The lowest BCUT2D eigenvalue weighted by molar-refractivity contribution is -0.120. The Labute approximate surface area is 73.3 Å². The van der Waals surface area contributed by atoms with E-state index in [9.17, 15) is 4.79 Å². The summed E-state index contributed by atoms with van der Waals surface area (Å²) in [5, 5.41) is 2.81. The zero-order chi connectivity index (χ0) is 9.35. The van der Waals surface area contributed by atoms with Crippen LogP contribution in [0.1, 0.15) is 34.1 Å². The van der Waals surface area contributed by atoms with E-state index >= 15 is 0 Å². The van der Waals surface area contributed by atoms with Crippen molar-refractivity contribution < 1.29 is 4.79 Å². The van der Waals surface area contributed by atoms with E-state index in [2.05, 4.69) is 10.3 Å². The van der Waals surface area contributed by atoms with Gasteiger partial charge in [-0.3, -0.25) is 9.79 Å². The molecule has 1 rings (SSSR count). The summed E-state index contributed by atoms with van der Waals surface area (Å²) in [5.41, 5.74) is -0.0421. The highest BCUT2D eigenvalue weighted by molar-refractivity contribution is 6.07. The summed E-state index contributed by atoms with van der Waals surface area (Å²) < 4.78 is 0. The highest BCUT2D eigenvalue weighted by atomic mass is 16.2. The highest BCUT2D eigenvalue weighted by Gasteiger charge is 2.30. The number of carbonyl (C=O) groups is 1. The second-order valence-corrected chi connectivity index (χ2v) is 4.14. The molecule has 0 aromatic rings. The molecule has 0 saturated heterocycles. The normalized spacial score (nSPS) is 23.8. The van der Waals surface area contributed by atoms with E-state index in [0.29, 0.717) is 0 Å². The molecular formula is C9H16N2O. The monoisotopic (exact) mass is 168 g/mol. The number of rotatable bonds is 1. The largest absolute Gasteiger partial charge is 0.312 e. The van der Waals surface area contributed by atoms with Crippen LogP contribution in [0.25, 0.3) is 0 Å². The van der Waals surface area contributed by atoms with E-state index in [-0.39, 0.29) is 17.4 Å². The number of aliphatic imine (C=N–C) groups is 1. The maximum Gasteiger partial charge on any atom is 0.250 e. The molecule has 1 atom stereocenters. The van der Waals surface area contributed by atoms with Gasteiger partial charge in [-0.25, -0.2) is 0 Å². The first-order valence-corrected chi connectivity index (χ1v) is 4.34. The van der Waals surface area contributed by atoms with E-state index in [1.54, 1.807) is 0 Å². The SMILES string of the molecule is CCC1N=C(C(C)(C)C)NC1=O. The first-order chi connectivity index (χ1) is 5.45. The molecule has 0 spiro atoms. The van der Waals surface area contributed by atoms with Gasteiger partial charge < -0.3 is 5.32 Å². The third-order valence-corrected chi connectivity index (χ3v) is 1.93. The van der Waals surface area contributed by atoms with Crippen LogP contribution in [0.5, 0.6) is 0 Å². The molecule has 3 heteroatoms. The summed E-state index contributed by atoms with van der Waals surface area (Å²) in [7, 11) is 0. The Morgan fingerprint density at radius 2 is 2.08 bits per heavy atom. The summed E-state index contributed by atoms with van der Waals surface area (Å²) in [6.45, 7) is 8.11. The minimum absolute atomic E-state index is 0.0421. The second-order valence-electron chi connectivity index (χ2n) is 4.14. The molecule has 0 fully saturated rings. The number of nitrogens with one attached hydrogen (secondary N) is 1. The standard InChI is InChI=1S/C9H16N2O/c1-5-6-7(12)11-8(10-6)9(2,3)4/h6H,5H2,1-4H3,(H,10,11,12). The lowest BCUT2D eigenvalue weighted by Crippen LogP contribution is -2.35. The molecule has 1 N–H and O–H groups in total. The van der Waals surface area contributed by atoms with Gasteiger partial charge in [-0.2, -0.15) is 0 Å². The van der Waals surface area contributed by atoms with Gasteiger partial charge in [0.25, 0.3) is 0 Å². The number of amidine groups is 1. The van der Waals surface area contributed by atoms with Crippen molar-refractivity contribution in [2.24, 2.45) is 10.4 Å². The Bertz CT molecular complexity index is 225. The third-order valence-electron chi connectivity index (χ3n) is 1.93. The topological polar surface area (TPSA) is 41.5 Å². The van der Waals surface area contributed by atoms with Gasteiger partial charge >= 0.3 is 0 Å². The van der Waals surface area contributed by atoms with Crippen LogP contribution < -0.4 is 5.32 Å². The Morgan fingerprint density at radius 1 is 1.50 bits per heavy atom. The molecule has 1 heterocycles. The van der Waals surface area contributed by atoms with Crippen molar-refractivity contribution >= 4 is 11.7 Å². The van der Waals surface area contributed by atoms with Gasteiger partial charge in [-0.15, -0.1) is 0 Å². The average molecular weight is 168 g/mol. The maximum atomic E-state index is 11.2. The van der Waals surface area contributed by atoms with Crippen molar-refractivity contribution in [3.63, 3.8) is 0 Å². The Balaban J connectivity index is 2.78. The third kappa shape index (κ3) is 1.65. The maximum absolute atomic E-state index is 11.2. The quantitative estimate of drug-likeness (QED) is 0.630. The van der Waals surface area contributed by atoms with Crippen LogP contribution in [-0.2, 0) is 4.79 Å². The van der Waals surface area contributed by atoms with E-state index in [4.69, 9.17) is 0 Å². The smallest absolute Gasteiger partial charge is 0.250 e. The van der Waals surface area contributed by atoms with Crippen molar-refractivity contribution in [1.29, 1.82) is 0 Å². The molecule has 1 aliphatic rings. The van der Waals surface area contributed by atoms with Crippen LogP contribution in [0.15, 0.2) is 4.99 Å². The molecule has 1 unspecified atom stereocenters. The van der Waals surface area contributed by atoms with Crippen molar-refractivity contribution in [3.8, 4) is 0 Å². The second kappa shape index (κ2) is 2.88. The summed E-state index contributed by atoms with van der Waals surface area (Å²) in [5.74, 6) is 0.863. The lowest BCUT2D eigenvalue weighted by atomic mass is 9.95. The molecule has 0 bridgehead atoms. The number of hydrogen-bond donors (Lipinski definition) is 1. The zero-order valence-electron chi connectivity index (χ0n) is 8.14. The molecule has 12 heavy (non-hydrogen) atoms. The van der Waals surface area contributed by atoms with Gasteiger partial charge in [0.2, 0.25) is 5.91 Å². The molecular weight excluding hydrogens is 152 g/mol. The van der Waals surface area contributed by atoms with E-state index < -0.39 is 0 Å². The molecule has 1 aliphatic heterocycles. The molecule has 0 aromatic carbocycles. The van der Waals surface area contributed by atoms with Crippen LogP contribution in [0.3, 0.4) is 0 Å². The van der Waals surface area contributed by atoms with Crippen LogP contribution in [0, 0.1) is 5.41 Å². The summed E-state index contributed by atoms with van der Waals surface area (Å²) in [6, 6.07) is -0.153. The summed E-state index contributed by atoms with van der Waals surface area (Å²) >= 11 is 0.